The summed E-state index contributed by atoms with van der Waals surface area (Å²) in [7, 11) is -3.21. The van der Waals surface area contributed by atoms with Crippen molar-refractivity contribution in [2.75, 3.05) is 19.3 Å². The van der Waals surface area contributed by atoms with E-state index in [4.69, 9.17) is 0 Å². The molecule has 1 amide bonds. The third kappa shape index (κ3) is 4.95. The standard InChI is InChI=1S/C15H28N2O3S/c1-21(19,20)17(14-9-4-2-3-5-10-14)12-11-16-15(18)13-7-6-8-13/h13-14H,2-12H2,1H3,(H,16,18). The first-order chi connectivity index (χ1) is 9.98. The van der Waals surface area contributed by atoms with Crippen molar-refractivity contribution in [2.45, 2.75) is 63.8 Å². The average Bonchev–Trinajstić information content (AvgIpc) is 2.59. The lowest BCUT2D eigenvalue weighted by Gasteiger charge is -2.30. The molecule has 6 heteroatoms. The van der Waals surface area contributed by atoms with Crippen LogP contribution in [0.1, 0.15) is 57.8 Å². The van der Waals surface area contributed by atoms with Crippen LogP contribution >= 0.6 is 0 Å². The summed E-state index contributed by atoms with van der Waals surface area (Å²) < 4.78 is 25.7. The van der Waals surface area contributed by atoms with E-state index < -0.39 is 10.0 Å². The van der Waals surface area contributed by atoms with E-state index in [2.05, 4.69) is 5.32 Å². The van der Waals surface area contributed by atoms with Crippen molar-refractivity contribution in [2.24, 2.45) is 5.92 Å². The van der Waals surface area contributed by atoms with Crippen LogP contribution in [0.15, 0.2) is 0 Å². The second-order valence-electron chi connectivity index (χ2n) is 6.44. The molecular formula is C15H28N2O3S. The maximum Gasteiger partial charge on any atom is 0.223 e. The lowest BCUT2D eigenvalue weighted by Crippen LogP contribution is -2.45. The SMILES string of the molecule is CS(=O)(=O)N(CCNC(=O)C1CCC1)C1CCCCCC1. The van der Waals surface area contributed by atoms with Crippen molar-refractivity contribution in [1.82, 2.24) is 9.62 Å². The van der Waals surface area contributed by atoms with Gasteiger partial charge in [-0.2, -0.15) is 4.31 Å². The molecule has 2 rings (SSSR count). The fourth-order valence-electron chi connectivity index (χ4n) is 3.27. The van der Waals surface area contributed by atoms with Gasteiger partial charge < -0.3 is 5.32 Å². The summed E-state index contributed by atoms with van der Waals surface area (Å²) in [4.78, 5) is 11.8. The molecule has 0 aromatic carbocycles. The van der Waals surface area contributed by atoms with Gasteiger partial charge in [-0.05, 0) is 25.7 Å². The molecule has 0 spiro atoms. The van der Waals surface area contributed by atoms with E-state index in [1.165, 1.54) is 19.1 Å². The van der Waals surface area contributed by atoms with Crippen LogP contribution in [0.2, 0.25) is 0 Å². The molecule has 2 aliphatic carbocycles. The highest BCUT2D eigenvalue weighted by Gasteiger charge is 2.28. The normalized spacial score (nSPS) is 21.8. The Morgan fingerprint density at radius 1 is 1.05 bits per heavy atom. The Balaban J connectivity index is 1.85. The van der Waals surface area contributed by atoms with Crippen LogP contribution in [0.4, 0.5) is 0 Å². The second kappa shape index (κ2) is 7.58. The van der Waals surface area contributed by atoms with Crippen LogP contribution in [0.3, 0.4) is 0 Å². The zero-order chi connectivity index (χ0) is 15.3. The van der Waals surface area contributed by atoms with Crippen LogP contribution in [0.5, 0.6) is 0 Å². The van der Waals surface area contributed by atoms with Gasteiger partial charge in [0.1, 0.15) is 0 Å². The summed E-state index contributed by atoms with van der Waals surface area (Å²) in [5, 5.41) is 2.90. The lowest BCUT2D eigenvalue weighted by molar-refractivity contribution is -0.127. The first-order valence-electron chi connectivity index (χ1n) is 8.23. The quantitative estimate of drug-likeness (QED) is 0.761. The van der Waals surface area contributed by atoms with E-state index in [0.29, 0.717) is 13.1 Å². The van der Waals surface area contributed by atoms with Gasteiger partial charge in [0, 0.05) is 25.0 Å². The maximum atomic E-state index is 12.0. The summed E-state index contributed by atoms with van der Waals surface area (Å²) in [6, 6.07) is 0.114. The number of carbonyl (C=O) groups is 1. The molecule has 0 aromatic heterocycles. The molecule has 0 bridgehead atoms. The molecule has 122 valence electrons. The van der Waals surface area contributed by atoms with Crippen LogP contribution in [-0.2, 0) is 14.8 Å². The Morgan fingerprint density at radius 3 is 2.14 bits per heavy atom. The van der Waals surface area contributed by atoms with E-state index in [1.54, 1.807) is 4.31 Å². The smallest absolute Gasteiger partial charge is 0.223 e. The Hall–Kier alpha value is -0.620. The van der Waals surface area contributed by atoms with Gasteiger partial charge in [-0.1, -0.05) is 32.1 Å². The molecule has 0 saturated heterocycles. The van der Waals surface area contributed by atoms with Crippen molar-refractivity contribution < 1.29 is 13.2 Å². The fourth-order valence-corrected chi connectivity index (χ4v) is 4.44. The van der Waals surface area contributed by atoms with Gasteiger partial charge in [-0.15, -0.1) is 0 Å². The van der Waals surface area contributed by atoms with E-state index in [1.807, 2.05) is 0 Å². The van der Waals surface area contributed by atoms with E-state index in [-0.39, 0.29) is 17.9 Å². The highest BCUT2D eigenvalue weighted by Crippen LogP contribution is 2.26. The molecule has 0 atom stereocenters. The topological polar surface area (TPSA) is 66.5 Å². The molecule has 2 fully saturated rings. The van der Waals surface area contributed by atoms with E-state index in [0.717, 1.165) is 44.9 Å². The Kier molecular flexibility index (Phi) is 6.05. The molecule has 0 unspecified atom stereocenters. The molecule has 0 radical (unpaired) electrons. The van der Waals surface area contributed by atoms with Crippen LogP contribution < -0.4 is 5.32 Å². The molecule has 2 aliphatic rings. The molecular weight excluding hydrogens is 288 g/mol. The van der Waals surface area contributed by atoms with Crippen LogP contribution in [0.25, 0.3) is 0 Å². The van der Waals surface area contributed by atoms with Gasteiger partial charge in [0.05, 0.1) is 6.26 Å². The lowest BCUT2D eigenvalue weighted by atomic mass is 9.85. The van der Waals surface area contributed by atoms with Crippen molar-refractivity contribution >= 4 is 15.9 Å². The molecule has 21 heavy (non-hydrogen) atoms. The molecule has 0 aromatic rings. The van der Waals surface area contributed by atoms with Crippen molar-refractivity contribution in [1.29, 1.82) is 0 Å². The maximum absolute atomic E-state index is 12.0. The Bertz CT molecular complexity index is 438. The predicted octanol–water partition coefficient (Wildman–Crippen LogP) is 1.89. The first-order valence-corrected chi connectivity index (χ1v) is 10.1. The fraction of sp³-hybridized carbons (Fsp3) is 0.933. The predicted molar refractivity (Wildman–Crippen MR) is 83.4 cm³/mol. The monoisotopic (exact) mass is 316 g/mol. The van der Waals surface area contributed by atoms with E-state index in [9.17, 15) is 13.2 Å². The Morgan fingerprint density at radius 2 is 1.67 bits per heavy atom. The summed E-state index contributed by atoms with van der Waals surface area (Å²) >= 11 is 0. The Labute approximate surface area is 128 Å². The number of carbonyl (C=O) groups excluding carboxylic acids is 1. The zero-order valence-electron chi connectivity index (χ0n) is 13.0. The van der Waals surface area contributed by atoms with Gasteiger partial charge in [0.25, 0.3) is 0 Å². The number of nitrogens with one attached hydrogen (secondary N) is 1. The van der Waals surface area contributed by atoms with Crippen molar-refractivity contribution in [3.63, 3.8) is 0 Å². The third-order valence-corrected chi connectivity index (χ3v) is 6.10. The summed E-state index contributed by atoms with van der Waals surface area (Å²) in [6.07, 6.45) is 10.9. The van der Waals surface area contributed by atoms with Crippen molar-refractivity contribution in [3.8, 4) is 0 Å². The van der Waals surface area contributed by atoms with Gasteiger partial charge in [0.2, 0.25) is 15.9 Å². The highest BCUT2D eigenvalue weighted by molar-refractivity contribution is 7.88. The summed E-state index contributed by atoms with van der Waals surface area (Å²) in [5.41, 5.74) is 0. The number of nitrogens with zero attached hydrogens (tertiary/aromatic N) is 1. The van der Waals surface area contributed by atoms with Gasteiger partial charge in [-0.3, -0.25) is 4.79 Å². The number of amides is 1. The van der Waals surface area contributed by atoms with Crippen molar-refractivity contribution in [3.05, 3.63) is 0 Å². The molecule has 0 heterocycles. The molecule has 5 nitrogen and oxygen atoms in total. The third-order valence-electron chi connectivity index (χ3n) is 4.77. The minimum absolute atomic E-state index is 0.0931. The highest BCUT2D eigenvalue weighted by atomic mass is 32.2. The summed E-state index contributed by atoms with van der Waals surface area (Å²) in [6.45, 7) is 0.834. The average molecular weight is 316 g/mol. The van der Waals surface area contributed by atoms with Gasteiger partial charge in [0.15, 0.2) is 0 Å². The van der Waals surface area contributed by atoms with Crippen LogP contribution in [-0.4, -0.2) is 44.0 Å². The van der Waals surface area contributed by atoms with Gasteiger partial charge >= 0.3 is 0 Å². The molecule has 0 aliphatic heterocycles. The zero-order valence-corrected chi connectivity index (χ0v) is 13.8. The summed E-state index contributed by atoms with van der Waals surface area (Å²) in [5.74, 6) is 0.255. The van der Waals surface area contributed by atoms with Gasteiger partial charge in [-0.25, -0.2) is 8.42 Å². The largest absolute Gasteiger partial charge is 0.355 e. The number of hydrogen-bond donors (Lipinski definition) is 1. The van der Waals surface area contributed by atoms with E-state index >= 15 is 0 Å². The molecule has 2 saturated carbocycles. The molecule has 1 N–H and O–H groups in total. The second-order valence-corrected chi connectivity index (χ2v) is 8.37. The van der Waals surface area contributed by atoms with Crippen LogP contribution in [0, 0.1) is 5.92 Å². The minimum atomic E-state index is -3.21. The number of sulfonamides is 1. The first kappa shape index (κ1) is 16.7. The number of hydrogen-bond acceptors (Lipinski definition) is 3. The minimum Gasteiger partial charge on any atom is -0.355 e. The number of rotatable bonds is 6.